The van der Waals surface area contributed by atoms with Crippen molar-refractivity contribution in [1.29, 1.82) is 0 Å². The fourth-order valence-corrected chi connectivity index (χ4v) is 6.72. The fraction of sp³-hybridized carbons (Fsp3) is 0.119. The van der Waals surface area contributed by atoms with Crippen molar-refractivity contribution in [2.75, 3.05) is 22.5 Å². The summed E-state index contributed by atoms with van der Waals surface area (Å²) < 4.78 is 0. The second-order valence-corrected chi connectivity index (χ2v) is 13.2. The predicted molar refractivity (Wildman–Crippen MR) is 213 cm³/mol. The summed E-state index contributed by atoms with van der Waals surface area (Å²) in [5, 5.41) is 11.1. The lowest BCUT2D eigenvalue weighted by Crippen LogP contribution is -2.44. The van der Waals surface area contributed by atoms with Crippen molar-refractivity contribution < 1.29 is 14.4 Å². The molecule has 4 aromatic heterocycles. The van der Waals surface area contributed by atoms with Crippen LogP contribution in [0.15, 0.2) is 140 Å². The van der Waals surface area contributed by atoms with Crippen LogP contribution in [0.2, 0.25) is 0 Å². The first kappa shape index (κ1) is 35.4. The van der Waals surface area contributed by atoms with E-state index in [0.717, 1.165) is 46.5 Å². The highest BCUT2D eigenvalue weighted by molar-refractivity contribution is 5.98. The number of aromatic nitrogens is 6. The van der Waals surface area contributed by atoms with E-state index in [9.17, 15) is 14.4 Å². The average molecular weight is 744 g/mol. The number of amides is 5. The number of urea groups is 2. The number of benzene rings is 3. The van der Waals surface area contributed by atoms with Crippen LogP contribution in [0.4, 0.5) is 26.9 Å². The van der Waals surface area contributed by atoms with E-state index in [-0.39, 0.29) is 11.9 Å². The minimum Gasteiger partial charge on any atom is -0.340 e. The van der Waals surface area contributed by atoms with Gasteiger partial charge < -0.3 is 30.8 Å². The third-order valence-electron chi connectivity index (χ3n) is 9.47. The molecule has 0 spiro atoms. The Kier molecular flexibility index (Phi) is 10.2. The van der Waals surface area contributed by atoms with Crippen molar-refractivity contribution in [2.45, 2.75) is 24.9 Å². The lowest BCUT2D eigenvalue weighted by molar-refractivity contribution is -0.134. The Balaban J connectivity index is 0.914. The predicted octanol–water partition coefficient (Wildman–Crippen LogP) is 7.79. The molecule has 14 heteroatoms. The topological polar surface area (TPSA) is 186 Å². The third-order valence-corrected chi connectivity index (χ3v) is 9.47. The molecule has 6 N–H and O–H groups in total. The van der Waals surface area contributed by atoms with Crippen LogP contribution in [-0.2, 0) is 4.79 Å². The number of hydrogen-bond donors (Lipinski definition) is 6. The molecule has 2 atom stereocenters. The maximum atomic E-state index is 14.2. The fourth-order valence-electron chi connectivity index (χ4n) is 6.72. The number of likely N-dealkylation sites (tertiary alicyclic amines) is 1. The largest absolute Gasteiger partial charge is 0.340 e. The van der Waals surface area contributed by atoms with Gasteiger partial charge in [-0.05, 0) is 64.9 Å². The van der Waals surface area contributed by atoms with Crippen molar-refractivity contribution >= 4 is 35.3 Å². The minimum absolute atomic E-state index is 0.206. The van der Waals surface area contributed by atoms with Gasteiger partial charge in [0.05, 0.1) is 53.6 Å². The molecular formula is C42H37N11O3. The Morgan fingerprint density at radius 2 is 1.21 bits per heavy atom. The quantitative estimate of drug-likeness (QED) is 0.0825. The van der Waals surface area contributed by atoms with Crippen LogP contribution >= 0.6 is 0 Å². The monoisotopic (exact) mass is 743 g/mol. The molecule has 1 aliphatic rings. The second kappa shape index (κ2) is 16.2. The number of aromatic amines is 2. The summed E-state index contributed by atoms with van der Waals surface area (Å²) in [6.45, 7) is 0.546. The van der Waals surface area contributed by atoms with Gasteiger partial charge in [0.15, 0.2) is 0 Å². The summed E-state index contributed by atoms with van der Waals surface area (Å²) in [5.74, 6) is 0.816. The number of anilines is 3. The molecule has 0 aliphatic carbocycles. The van der Waals surface area contributed by atoms with E-state index in [1.165, 1.54) is 0 Å². The Bertz CT molecular complexity index is 2420. The number of hydrogen-bond acceptors (Lipinski definition) is 7. The van der Waals surface area contributed by atoms with Gasteiger partial charge in [0.25, 0.3) is 0 Å². The highest BCUT2D eigenvalue weighted by Gasteiger charge is 2.37. The normalized spacial score (nSPS) is 14.1. The van der Waals surface area contributed by atoms with Crippen molar-refractivity contribution in [3.63, 3.8) is 0 Å². The van der Waals surface area contributed by atoms with Crippen LogP contribution in [0.1, 0.15) is 36.3 Å². The molecule has 1 fully saturated rings. The Morgan fingerprint density at radius 3 is 1.84 bits per heavy atom. The summed E-state index contributed by atoms with van der Waals surface area (Å²) >= 11 is 0. The van der Waals surface area contributed by atoms with Gasteiger partial charge >= 0.3 is 12.1 Å². The van der Waals surface area contributed by atoms with Gasteiger partial charge in [-0.1, -0.05) is 78.9 Å². The number of carbonyl (C=O) groups excluding carboxylic acids is 3. The summed E-state index contributed by atoms with van der Waals surface area (Å²) in [6, 6.07) is 30.4. The van der Waals surface area contributed by atoms with Gasteiger partial charge in [-0.15, -0.1) is 0 Å². The van der Waals surface area contributed by atoms with Crippen molar-refractivity contribution in [3.8, 4) is 33.6 Å². The van der Waals surface area contributed by atoms with Crippen LogP contribution in [-0.4, -0.2) is 59.3 Å². The molecule has 278 valence electrons. The number of imidazole rings is 2. The molecule has 0 saturated carbocycles. The zero-order valence-electron chi connectivity index (χ0n) is 30.0. The van der Waals surface area contributed by atoms with Gasteiger partial charge in [-0.3, -0.25) is 20.1 Å². The van der Waals surface area contributed by atoms with Crippen LogP contribution < -0.4 is 21.3 Å². The molecule has 0 radical (unpaired) electrons. The number of pyridine rings is 2. The molecule has 8 rings (SSSR count). The SMILES string of the molecule is O=C(Nc1cccnc1)Nc1ncc(-c2ccc(-c3ccc(-c4cnc(C5CCCN5C(=O)[C@H](NC(=O)Nc5cccnc5)c5ccccc5)[nH]4)cc3)cc2)[nH]1. The van der Waals surface area contributed by atoms with Gasteiger partial charge in [0.1, 0.15) is 11.9 Å². The van der Waals surface area contributed by atoms with E-state index < -0.39 is 18.1 Å². The highest BCUT2D eigenvalue weighted by Crippen LogP contribution is 2.34. The zero-order valence-corrected chi connectivity index (χ0v) is 30.0. The Hall–Kier alpha value is -7.61. The Morgan fingerprint density at radius 1 is 0.625 bits per heavy atom. The summed E-state index contributed by atoms with van der Waals surface area (Å²) in [5.41, 5.74) is 7.35. The maximum Gasteiger partial charge on any atom is 0.326 e. The highest BCUT2D eigenvalue weighted by atomic mass is 16.2. The summed E-state index contributed by atoms with van der Waals surface area (Å²) in [7, 11) is 0. The first-order chi connectivity index (χ1) is 27.5. The lowest BCUT2D eigenvalue weighted by atomic mass is 10.0. The van der Waals surface area contributed by atoms with E-state index in [1.54, 1.807) is 66.3 Å². The molecule has 56 heavy (non-hydrogen) atoms. The van der Waals surface area contributed by atoms with Gasteiger partial charge in [0.2, 0.25) is 11.9 Å². The molecule has 14 nitrogen and oxygen atoms in total. The molecular weight excluding hydrogens is 707 g/mol. The van der Waals surface area contributed by atoms with Crippen LogP contribution in [0, 0.1) is 0 Å². The molecule has 5 heterocycles. The van der Waals surface area contributed by atoms with E-state index in [4.69, 9.17) is 4.98 Å². The summed E-state index contributed by atoms with van der Waals surface area (Å²) in [6.07, 6.45) is 11.4. The lowest BCUT2D eigenvalue weighted by Gasteiger charge is -2.28. The zero-order chi connectivity index (χ0) is 38.3. The number of rotatable bonds is 10. The van der Waals surface area contributed by atoms with Gasteiger partial charge in [0, 0.05) is 18.9 Å². The van der Waals surface area contributed by atoms with Gasteiger partial charge in [-0.2, -0.15) is 0 Å². The minimum atomic E-state index is -0.894. The van der Waals surface area contributed by atoms with E-state index in [1.807, 2.05) is 66.7 Å². The molecule has 1 saturated heterocycles. The molecule has 1 unspecified atom stereocenters. The second-order valence-electron chi connectivity index (χ2n) is 13.2. The molecule has 0 bridgehead atoms. The van der Waals surface area contributed by atoms with E-state index in [2.05, 4.69) is 58.3 Å². The van der Waals surface area contributed by atoms with E-state index in [0.29, 0.717) is 35.3 Å². The number of nitrogens with one attached hydrogen (secondary N) is 6. The standard InChI is InChI=1S/C42H37N11O3/c54-39(37(31-7-2-1-3-8-31)51-41(55)47-32-9-4-20-43-23-32)53-22-6-11-36(53)38-45-25-34(49-38)29-16-12-27(13-17-29)28-14-18-30(19-15-28)35-26-46-40(50-35)52-42(56)48-33-10-5-21-44-24-33/h1-5,7-10,12-21,23-26,36-37H,6,11,22H2,(H,45,49)(H2,47,51,55)(H3,46,48,50,52,56)/t36?,37-/m1/s1. The number of nitrogens with zero attached hydrogens (tertiary/aromatic N) is 5. The van der Waals surface area contributed by atoms with Crippen LogP contribution in [0.3, 0.4) is 0 Å². The van der Waals surface area contributed by atoms with Crippen molar-refractivity contribution in [1.82, 2.24) is 40.1 Å². The van der Waals surface area contributed by atoms with Crippen molar-refractivity contribution in [3.05, 3.63) is 152 Å². The third kappa shape index (κ3) is 8.14. The van der Waals surface area contributed by atoms with Crippen molar-refractivity contribution in [2.24, 2.45) is 0 Å². The first-order valence-corrected chi connectivity index (χ1v) is 18.1. The van der Waals surface area contributed by atoms with Gasteiger partial charge in [-0.25, -0.2) is 19.6 Å². The first-order valence-electron chi connectivity index (χ1n) is 18.1. The van der Waals surface area contributed by atoms with Crippen LogP contribution in [0.5, 0.6) is 0 Å². The Labute approximate surface area is 321 Å². The molecule has 5 amide bonds. The average Bonchev–Trinajstić information content (AvgIpc) is 4.03. The molecule has 7 aromatic rings. The smallest absolute Gasteiger partial charge is 0.326 e. The van der Waals surface area contributed by atoms with Crippen LogP contribution in [0.25, 0.3) is 33.6 Å². The van der Waals surface area contributed by atoms with E-state index >= 15 is 0 Å². The maximum absolute atomic E-state index is 14.2. The number of H-pyrrole nitrogens is 2. The molecule has 1 aliphatic heterocycles. The molecule has 3 aromatic carbocycles. The summed E-state index contributed by atoms with van der Waals surface area (Å²) in [4.78, 5) is 65.0. The number of carbonyl (C=O) groups is 3.